The zero-order valence-electron chi connectivity index (χ0n) is 10.3. The summed E-state index contributed by atoms with van der Waals surface area (Å²) in [7, 11) is 0. The molecule has 0 aromatic heterocycles. The summed E-state index contributed by atoms with van der Waals surface area (Å²) in [5.74, 6) is -0.333. The number of fused-ring (bicyclic) bond motifs is 1. The fourth-order valence-corrected chi connectivity index (χ4v) is 3.69. The van der Waals surface area contributed by atoms with E-state index in [0.29, 0.717) is 6.42 Å². The van der Waals surface area contributed by atoms with E-state index in [1.807, 2.05) is 13.8 Å². The molecule has 4 heteroatoms. The lowest BCUT2D eigenvalue weighted by Crippen LogP contribution is -2.50. The van der Waals surface area contributed by atoms with Crippen molar-refractivity contribution in [1.29, 1.82) is 0 Å². The Balaban J connectivity index is 1.82. The Bertz CT molecular complexity index is 366. The summed E-state index contributed by atoms with van der Waals surface area (Å²) in [6, 6.07) is -0.257. The highest BCUT2D eigenvalue weighted by Crippen LogP contribution is 2.63. The Morgan fingerprint density at radius 2 is 1.65 bits per heavy atom. The normalized spacial score (nSPS) is 43.8. The third-order valence-electron chi connectivity index (χ3n) is 4.86. The van der Waals surface area contributed by atoms with Crippen LogP contribution in [0.3, 0.4) is 0 Å². The Labute approximate surface area is 101 Å². The zero-order chi connectivity index (χ0) is 12.4. The van der Waals surface area contributed by atoms with Gasteiger partial charge in [-0.05, 0) is 18.3 Å². The van der Waals surface area contributed by atoms with Crippen molar-refractivity contribution < 1.29 is 14.7 Å². The van der Waals surface area contributed by atoms with Gasteiger partial charge in [-0.15, -0.1) is 0 Å². The maximum atomic E-state index is 12.2. The van der Waals surface area contributed by atoms with E-state index in [0.717, 1.165) is 19.3 Å². The van der Waals surface area contributed by atoms with E-state index >= 15 is 0 Å². The number of carbonyl (C=O) groups is 2. The number of imide groups is 1. The molecule has 2 amide bonds. The molecule has 0 spiro atoms. The molecule has 17 heavy (non-hydrogen) atoms. The summed E-state index contributed by atoms with van der Waals surface area (Å²) in [5.41, 5.74) is -0.149. The zero-order valence-corrected chi connectivity index (χ0v) is 10.3. The van der Waals surface area contributed by atoms with Crippen molar-refractivity contribution in [1.82, 2.24) is 4.90 Å². The van der Waals surface area contributed by atoms with Crippen LogP contribution in [0.4, 0.5) is 0 Å². The van der Waals surface area contributed by atoms with Crippen LogP contribution in [0.5, 0.6) is 0 Å². The highest BCUT2D eigenvalue weighted by Gasteiger charge is 2.73. The maximum absolute atomic E-state index is 12.2. The second-order valence-corrected chi connectivity index (χ2v) is 6.24. The number of likely N-dealkylation sites (tertiary alicyclic amines) is 1. The van der Waals surface area contributed by atoms with Gasteiger partial charge in [-0.25, -0.2) is 0 Å². The van der Waals surface area contributed by atoms with Crippen LogP contribution < -0.4 is 0 Å². The van der Waals surface area contributed by atoms with Gasteiger partial charge in [0.2, 0.25) is 11.8 Å². The van der Waals surface area contributed by atoms with Crippen molar-refractivity contribution in [2.45, 2.75) is 51.7 Å². The first-order chi connectivity index (χ1) is 7.96. The van der Waals surface area contributed by atoms with Crippen molar-refractivity contribution in [3.63, 3.8) is 0 Å². The summed E-state index contributed by atoms with van der Waals surface area (Å²) in [6.07, 6.45) is 2.94. The van der Waals surface area contributed by atoms with E-state index in [1.54, 1.807) is 0 Å². The first-order valence-corrected chi connectivity index (χ1v) is 6.51. The molecule has 0 aromatic carbocycles. The molecule has 0 bridgehead atoms. The SMILES string of the molecule is CC1(C)C2C(=O)N(C3CCCCC3O)C(=O)C21. The predicted octanol–water partition coefficient (Wildman–Crippen LogP) is 0.931. The highest BCUT2D eigenvalue weighted by molar-refractivity contribution is 6.10. The molecule has 4 atom stereocenters. The first kappa shape index (κ1) is 11.2. The monoisotopic (exact) mass is 237 g/mol. The fraction of sp³-hybridized carbons (Fsp3) is 0.846. The van der Waals surface area contributed by atoms with Crippen LogP contribution in [-0.2, 0) is 9.59 Å². The third kappa shape index (κ3) is 1.33. The van der Waals surface area contributed by atoms with Crippen LogP contribution in [0.2, 0.25) is 0 Å². The average Bonchev–Trinajstić information content (AvgIpc) is 2.72. The lowest BCUT2D eigenvalue weighted by Gasteiger charge is -2.35. The predicted molar refractivity (Wildman–Crippen MR) is 60.9 cm³/mol. The fourth-order valence-electron chi connectivity index (χ4n) is 3.69. The van der Waals surface area contributed by atoms with Crippen LogP contribution >= 0.6 is 0 Å². The first-order valence-electron chi connectivity index (χ1n) is 6.51. The quantitative estimate of drug-likeness (QED) is 0.690. The molecule has 3 fully saturated rings. The van der Waals surface area contributed by atoms with Crippen LogP contribution in [0.25, 0.3) is 0 Å². The molecule has 1 heterocycles. The summed E-state index contributed by atoms with van der Waals surface area (Å²) in [6.45, 7) is 3.96. The minimum atomic E-state index is -0.516. The number of rotatable bonds is 1. The van der Waals surface area contributed by atoms with Gasteiger partial charge in [0, 0.05) is 0 Å². The number of amides is 2. The third-order valence-corrected chi connectivity index (χ3v) is 4.86. The Morgan fingerprint density at radius 3 is 2.18 bits per heavy atom. The molecule has 0 aromatic rings. The van der Waals surface area contributed by atoms with Crippen LogP contribution in [0.1, 0.15) is 39.5 Å². The average molecular weight is 237 g/mol. The summed E-state index contributed by atoms with van der Waals surface area (Å²) >= 11 is 0. The Hall–Kier alpha value is -0.900. The van der Waals surface area contributed by atoms with Crippen LogP contribution in [-0.4, -0.2) is 34.0 Å². The summed E-state index contributed by atoms with van der Waals surface area (Å²) < 4.78 is 0. The number of aliphatic hydroxyl groups excluding tert-OH is 1. The largest absolute Gasteiger partial charge is 0.391 e. The van der Waals surface area contributed by atoms with Crippen LogP contribution in [0, 0.1) is 17.3 Å². The number of nitrogens with zero attached hydrogens (tertiary/aromatic N) is 1. The van der Waals surface area contributed by atoms with E-state index in [9.17, 15) is 14.7 Å². The molecule has 94 valence electrons. The lowest BCUT2D eigenvalue weighted by atomic mass is 9.90. The molecule has 1 N–H and O–H groups in total. The van der Waals surface area contributed by atoms with E-state index in [4.69, 9.17) is 0 Å². The smallest absolute Gasteiger partial charge is 0.234 e. The number of hydrogen-bond donors (Lipinski definition) is 1. The summed E-state index contributed by atoms with van der Waals surface area (Å²) in [5, 5.41) is 9.95. The minimum Gasteiger partial charge on any atom is -0.391 e. The molecule has 4 unspecified atom stereocenters. The Morgan fingerprint density at radius 1 is 1.12 bits per heavy atom. The highest BCUT2D eigenvalue weighted by atomic mass is 16.3. The molecule has 3 rings (SSSR count). The molecular formula is C13H19NO3. The van der Waals surface area contributed by atoms with Gasteiger partial charge in [0.25, 0.3) is 0 Å². The molecule has 0 radical (unpaired) electrons. The van der Waals surface area contributed by atoms with Crippen molar-refractivity contribution in [3.05, 3.63) is 0 Å². The van der Waals surface area contributed by atoms with Gasteiger partial charge in [-0.3, -0.25) is 14.5 Å². The number of aliphatic hydroxyl groups is 1. The number of carbonyl (C=O) groups excluding carboxylic acids is 2. The molecule has 1 saturated heterocycles. The maximum Gasteiger partial charge on any atom is 0.234 e. The summed E-state index contributed by atoms with van der Waals surface area (Å²) in [4.78, 5) is 25.8. The van der Waals surface area contributed by atoms with Gasteiger partial charge in [-0.1, -0.05) is 26.7 Å². The van der Waals surface area contributed by atoms with Gasteiger partial charge in [-0.2, -0.15) is 0 Å². The van der Waals surface area contributed by atoms with Crippen molar-refractivity contribution in [2.24, 2.45) is 17.3 Å². The number of hydrogen-bond acceptors (Lipinski definition) is 3. The van der Waals surface area contributed by atoms with E-state index in [2.05, 4.69) is 0 Å². The standard InChI is InChI=1S/C13H19NO3/c1-13(2)9-10(13)12(17)14(11(9)16)7-5-3-4-6-8(7)15/h7-10,15H,3-6H2,1-2H3. The van der Waals surface area contributed by atoms with E-state index in [1.165, 1.54) is 4.90 Å². The number of piperidine rings is 1. The van der Waals surface area contributed by atoms with Gasteiger partial charge >= 0.3 is 0 Å². The Kier molecular flexibility index (Phi) is 2.18. The van der Waals surface area contributed by atoms with Gasteiger partial charge < -0.3 is 5.11 Å². The minimum absolute atomic E-state index is 0.0454. The van der Waals surface area contributed by atoms with Gasteiger partial charge in [0.15, 0.2) is 0 Å². The lowest BCUT2D eigenvalue weighted by molar-refractivity contribution is -0.150. The van der Waals surface area contributed by atoms with Crippen molar-refractivity contribution in [3.8, 4) is 0 Å². The second kappa shape index (κ2) is 3.31. The van der Waals surface area contributed by atoms with Gasteiger partial charge in [0.05, 0.1) is 24.0 Å². The molecule has 2 aliphatic carbocycles. The van der Waals surface area contributed by atoms with E-state index in [-0.39, 0.29) is 35.1 Å². The molecule has 1 aliphatic heterocycles. The van der Waals surface area contributed by atoms with Crippen LogP contribution in [0.15, 0.2) is 0 Å². The van der Waals surface area contributed by atoms with Crippen molar-refractivity contribution >= 4 is 11.8 Å². The topological polar surface area (TPSA) is 57.6 Å². The molecule has 3 aliphatic rings. The van der Waals surface area contributed by atoms with Gasteiger partial charge in [0.1, 0.15) is 0 Å². The van der Waals surface area contributed by atoms with Crippen molar-refractivity contribution in [2.75, 3.05) is 0 Å². The molecule has 4 nitrogen and oxygen atoms in total. The molecule has 2 saturated carbocycles. The molecular weight excluding hydrogens is 218 g/mol. The second-order valence-electron chi connectivity index (χ2n) is 6.24. The van der Waals surface area contributed by atoms with E-state index < -0.39 is 6.10 Å².